The van der Waals surface area contributed by atoms with Crippen molar-refractivity contribution in [1.82, 2.24) is 9.80 Å². The molecule has 1 amide bonds. The van der Waals surface area contributed by atoms with Gasteiger partial charge in [0.25, 0.3) is 0 Å². The van der Waals surface area contributed by atoms with Gasteiger partial charge in [0.2, 0.25) is 0 Å². The lowest BCUT2D eigenvalue weighted by atomic mass is 9.94. The average molecular weight is 256 g/mol. The Labute approximate surface area is 106 Å². The Balaban J connectivity index is 1.85. The standard InChI is InChI=1S/C12H20N2O4/c15-11(16)9-2-1-5-14(8-9)10-3-6-13(7-4-10)12(17)18/h9-10H,1-8H2,(H,15,16)(H,17,18)/t9-/m1/s1. The van der Waals surface area contributed by atoms with Gasteiger partial charge in [0.05, 0.1) is 5.92 Å². The van der Waals surface area contributed by atoms with Gasteiger partial charge in [0.15, 0.2) is 0 Å². The number of rotatable bonds is 2. The number of aliphatic carboxylic acids is 1. The molecule has 2 N–H and O–H groups in total. The molecule has 0 aromatic carbocycles. The summed E-state index contributed by atoms with van der Waals surface area (Å²) in [4.78, 5) is 25.5. The quantitative estimate of drug-likeness (QED) is 0.768. The zero-order valence-electron chi connectivity index (χ0n) is 10.4. The molecule has 0 radical (unpaired) electrons. The predicted molar refractivity (Wildman–Crippen MR) is 64.6 cm³/mol. The Kier molecular flexibility index (Phi) is 4.06. The lowest BCUT2D eigenvalue weighted by Crippen LogP contribution is -2.50. The van der Waals surface area contributed by atoms with Crippen molar-refractivity contribution in [2.45, 2.75) is 31.7 Å². The van der Waals surface area contributed by atoms with Crippen molar-refractivity contribution in [3.05, 3.63) is 0 Å². The molecular weight excluding hydrogens is 236 g/mol. The highest BCUT2D eigenvalue weighted by Crippen LogP contribution is 2.23. The summed E-state index contributed by atoms with van der Waals surface area (Å²) in [6, 6.07) is 0.350. The first-order valence-electron chi connectivity index (χ1n) is 6.52. The van der Waals surface area contributed by atoms with Gasteiger partial charge in [-0.3, -0.25) is 9.69 Å². The first kappa shape index (κ1) is 13.1. The number of likely N-dealkylation sites (tertiary alicyclic amines) is 2. The van der Waals surface area contributed by atoms with E-state index in [1.54, 1.807) is 0 Å². The van der Waals surface area contributed by atoms with E-state index >= 15 is 0 Å². The van der Waals surface area contributed by atoms with Gasteiger partial charge < -0.3 is 15.1 Å². The van der Waals surface area contributed by atoms with E-state index in [1.165, 1.54) is 4.90 Å². The monoisotopic (exact) mass is 256 g/mol. The van der Waals surface area contributed by atoms with Crippen LogP contribution in [0.4, 0.5) is 4.79 Å². The Bertz CT molecular complexity index is 326. The van der Waals surface area contributed by atoms with Crippen molar-refractivity contribution in [3.63, 3.8) is 0 Å². The van der Waals surface area contributed by atoms with Gasteiger partial charge in [-0.2, -0.15) is 0 Å². The molecule has 0 aliphatic carbocycles. The van der Waals surface area contributed by atoms with Crippen LogP contribution in [0.3, 0.4) is 0 Å². The van der Waals surface area contributed by atoms with Crippen LogP contribution in [0.2, 0.25) is 0 Å². The summed E-state index contributed by atoms with van der Waals surface area (Å²) in [6.45, 7) is 2.69. The van der Waals surface area contributed by atoms with Gasteiger partial charge in [-0.1, -0.05) is 0 Å². The molecule has 2 saturated heterocycles. The molecule has 2 aliphatic heterocycles. The largest absolute Gasteiger partial charge is 0.481 e. The van der Waals surface area contributed by atoms with Gasteiger partial charge in [-0.15, -0.1) is 0 Å². The van der Waals surface area contributed by atoms with Crippen molar-refractivity contribution < 1.29 is 19.8 Å². The number of carbonyl (C=O) groups is 2. The summed E-state index contributed by atoms with van der Waals surface area (Å²) in [7, 11) is 0. The summed E-state index contributed by atoms with van der Waals surface area (Å²) in [6.07, 6.45) is 2.48. The van der Waals surface area contributed by atoms with Crippen molar-refractivity contribution >= 4 is 12.1 Å². The van der Waals surface area contributed by atoms with E-state index in [9.17, 15) is 9.59 Å². The SMILES string of the molecule is O=C(O)[C@@H]1CCCN(C2CCN(C(=O)O)CC2)C1. The van der Waals surface area contributed by atoms with E-state index in [4.69, 9.17) is 10.2 Å². The number of amides is 1. The molecule has 6 nitrogen and oxygen atoms in total. The highest BCUT2D eigenvalue weighted by molar-refractivity contribution is 5.70. The Morgan fingerprint density at radius 3 is 2.22 bits per heavy atom. The molecule has 0 saturated carbocycles. The van der Waals surface area contributed by atoms with Gasteiger partial charge in [0, 0.05) is 25.7 Å². The molecule has 102 valence electrons. The fourth-order valence-electron chi connectivity index (χ4n) is 2.96. The Morgan fingerprint density at radius 1 is 1.00 bits per heavy atom. The molecule has 18 heavy (non-hydrogen) atoms. The first-order valence-corrected chi connectivity index (χ1v) is 6.52. The second kappa shape index (κ2) is 5.56. The summed E-state index contributed by atoms with van der Waals surface area (Å²) in [5.41, 5.74) is 0. The van der Waals surface area contributed by atoms with Crippen LogP contribution >= 0.6 is 0 Å². The van der Waals surface area contributed by atoms with Gasteiger partial charge in [-0.25, -0.2) is 4.79 Å². The molecule has 0 aromatic rings. The van der Waals surface area contributed by atoms with Crippen LogP contribution in [0.25, 0.3) is 0 Å². The highest BCUT2D eigenvalue weighted by atomic mass is 16.4. The number of carboxylic acid groups (broad SMARTS) is 2. The molecule has 2 aliphatic rings. The molecule has 1 atom stereocenters. The van der Waals surface area contributed by atoms with E-state index in [1.807, 2.05) is 0 Å². The minimum Gasteiger partial charge on any atom is -0.481 e. The number of hydrogen-bond donors (Lipinski definition) is 2. The van der Waals surface area contributed by atoms with Crippen molar-refractivity contribution in [1.29, 1.82) is 0 Å². The fraction of sp³-hybridized carbons (Fsp3) is 0.833. The average Bonchev–Trinajstić information content (AvgIpc) is 2.39. The van der Waals surface area contributed by atoms with E-state index in [0.29, 0.717) is 25.7 Å². The van der Waals surface area contributed by atoms with Gasteiger partial charge in [-0.05, 0) is 32.2 Å². The van der Waals surface area contributed by atoms with Crippen LogP contribution in [0.1, 0.15) is 25.7 Å². The van der Waals surface area contributed by atoms with E-state index < -0.39 is 12.1 Å². The van der Waals surface area contributed by atoms with Crippen LogP contribution < -0.4 is 0 Å². The summed E-state index contributed by atoms with van der Waals surface area (Å²) in [5, 5.41) is 17.9. The third-order valence-electron chi connectivity index (χ3n) is 4.05. The number of hydrogen-bond acceptors (Lipinski definition) is 3. The second-order valence-corrected chi connectivity index (χ2v) is 5.17. The number of carboxylic acids is 1. The van der Waals surface area contributed by atoms with Crippen molar-refractivity contribution in [2.24, 2.45) is 5.92 Å². The minimum absolute atomic E-state index is 0.253. The minimum atomic E-state index is -0.851. The van der Waals surface area contributed by atoms with Crippen molar-refractivity contribution in [3.8, 4) is 0 Å². The molecule has 2 rings (SSSR count). The molecule has 0 unspecified atom stereocenters. The predicted octanol–water partition coefficient (Wildman–Crippen LogP) is 0.925. The van der Waals surface area contributed by atoms with Crippen LogP contribution in [0, 0.1) is 5.92 Å². The third kappa shape index (κ3) is 2.93. The van der Waals surface area contributed by atoms with Gasteiger partial charge >= 0.3 is 12.1 Å². The second-order valence-electron chi connectivity index (χ2n) is 5.17. The summed E-state index contributed by atoms with van der Waals surface area (Å²) >= 11 is 0. The molecule has 2 heterocycles. The van der Waals surface area contributed by atoms with Crippen molar-refractivity contribution in [2.75, 3.05) is 26.2 Å². The van der Waals surface area contributed by atoms with E-state index in [-0.39, 0.29) is 5.92 Å². The van der Waals surface area contributed by atoms with Crippen LogP contribution in [0.15, 0.2) is 0 Å². The molecule has 6 heteroatoms. The maximum absolute atomic E-state index is 11.0. The zero-order valence-corrected chi connectivity index (χ0v) is 10.4. The zero-order chi connectivity index (χ0) is 13.1. The van der Waals surface area contributed by atoms with E-state index in [0.717, 1.165) is 32.2 Å². The Morgan fingerprint density at radius 2 is 1.67 bits per heavy atom. The molecule has 0 aromatic heterocycles. The maximum Gasteiger partial charge on any atom is 0.407 e. The fourth-order valence-corrected chi connectivity index (χ4v) is 2.96. The molecular formula is C12H20N2O4. The Hall–Kier alpha value is -1.30. The maximum atomic E-state index is 11.0. The topological polar surface area (TPSA) is 81.1 Å². The summed E-state index contributed by atoms with van der Waals surface area (Å²) < 4.78 is 0. The molecule has 0 spiro atoms. The van der Waals surface area contributed by atoms with Gasteiger partial charge in [0.1, 0.15) is 0 Å². The first-order chi connectivity index (χ1) is 8.58. The smallest absolute Gasteiger partial charge is 0.407 e. The lowest BCUT2D eigenvalue weighted by molar-refractivity contribution is -0.144. The van der Waals surface area contributed by atoms with E-state index in [2.05, 4.69) is 4.90 Å². The number of piperidine rings is 2. The summed E-state index contributed by atoms with van der Waals surface area (Å²) in [5.74, 6) is -0.959. The highest BCUT2D eigenvalue weighted by Gasteiger charge is 2.32. The third-order valence-corrected chi connectivity index (χ3v) is 4.05. The van der Waals surface area contributed by atoms with Crippen LogP contribution in [-0.2, 0) is 4.79 Å². The molecule has 2 fully saturated rings. The lowest BCUT2D eigenvalue weighted by Gasteiger charge is -2.40. The number of nitrogens with zero attached hydrogens (tertiary/aromatic N) is 2. The normalized spacial score (nSPS) is 27.1. The van der Waals surface area contributed by atoms with Crippen LogP contribution in [0.5, 0.6) is 0 Å². The van der Waals surface area contributed by atoms with Crippen LogP contribution in [-0.4, -0.2) is 64.3 Å². The molecule has 0 bridgehead atoms.